The summed E-state index contributed by atoms with van der Waals surface area (Å²) in [5, 5.41) is 0.341. The van der Waals surface area contributed by atoms with Gasteiger partial charge in [0.2, 0.25) is 0 Å². The summed E-state index contributed by atoms with van der Waals surface area (Å²) in [5.41, 5.74) is 6.32. The van der Waals surface area contributed by atoms with Gasteiger partial charge in [0.25, 0.3) is 0 Å². The number of carbonyl (C=O) groups excluding carboxylic acids is 1. The van der Waals surface area contributed by atoms with E-state index < -0.39 is 5.97 Å². The largest absolute Gasteiger partial charge is 0.493 e. The van der Waals surface area contributed by atoms with Crippen LogP contribution in [0.5, 0.6) is 11.5 Å². The lowest BCUT2D eigenvalue weighted by Crippen LogP contribution is -2.13. The molecule has 0 aromatic heterocycles. The zero-order valence-electron chi connectivity index (χ0n) is 9.66. The average Bonchev–Trinajstić information content (AvgIpc) is 2.35. The normalized spacial score (nSPS) is 9.88. The second-order valence-electron chi connectivity index (χ2n) is 3.18. The maximum atomic E-state index is 11.0. The molecule has 0 amide bonds. The molecule has 0 unspecified atom stereocenters. The Labute approximate surface area is 104 Å². The lowest BCUT2D eigenvalue weighted by Gasteiger charge is -2.12. The van der Waals surface area contributed by atoms with Crippen LogP contribution < -0.4 is 15.2 Å². The van der Waals surface area contributed by atoms with Gasteiger partial charge in [0.1, 0.15) is 0 Å². The van der Waals surface area contributed by atoms with Gasteiger partial charge < -0.3 is 19.9 Å². The van der Waals surface area contributed by atoms with E-state index in [0.717, 1.165) is 5.56 Å². The first kappa shape index (κ1) is 13.6. The molecule has 1 aromatic carbocycles. The number of halogens is 1. The summed E-state index contributed by atoms with van der Waals surface area (Å²) in [6.07, 6.45) is 0. The molecule has 0 radical (unpaired) electrons. The number of esters is 1. The Bertz CT molecular complexity index is 409. The van der Waals surface area contributed by atoms with Crippen molar-refractivity contribution >= 4 is 17.6 Å². The first-order valence-electron chi connectivity index (χ1n) is 4.88. The fraction of sp³-hybridized carbons (Fsp3) is 0.364. The molecule has 0 bridgehead atoms. The summed E-state index contributed by atoms with van der Waals surface area (Å²) in [6.45, 7) is 0.113. The van der Waals surface area contributed by atoms with Gasteiger partial charge in [0, 0.05) is 6.54 Å². The van der Waals surface area contributed by atoms with Crippen LogP contribution in [0.4, 0.5) is 0 Å². The van der Waals surface area contributed by atoms with Crippen LogP contribution in [-0.4, -0.2) is 26.8 Å². The van der Waals surface area contributed by atoms with E-state index in [4.69, 9.17) is 26.8 Å². The number of nitrogens with two attached hydrogens (primary N) is 1. The third-order valence-corrected chi connectivity index (χ3v) is 2.37. The number of hydrogen-bond acceptors (Lipinski definition) is 5. The monoisotopic (exact) mass is 259 g/mol. The van der Waals surface area contributed by atoms with Crippen molar-refractivity contribution in [1.82, 2.24) is 0 Å². The molecule has 0 aliphatic rings. The van der Waals surface area contributed by atoms with E-state index in [1.165, 1.54) is 14.2 Å². The van der Waals surface area contributed by atoms with Gasteiger partial charge in [-0.3, -0.25) is 0 Å². The van der Waals surface area contributed by atoms with E-state index in [1.807, 2.05) is 0 Å². The van der Waals surface area contributed by atoms with Crippen LogP contribution in [0.3, 0.4) is 0 Å². The molecule has 17 heavy (non-hydrogen) atoms. The van der Waals surface area contributed by atoms with Crippen LogP contribution in [0.2, 0.25) is 5.02 Å². The van der Waals surface area contributed by atoms with Crippen molar-refractivity contribution in [2.24, 2.45) is 5.73 Å². The first-order chi connectivity index (χ1) is 8.12. The number of benzene rings is 1. The summed E-state index contributed by atoms with van der Waals surface area (Å²) >= 11 is 6.01. The highest BCUT2D eigenvalue weighted by Crippen LogP contribution is 2.36. The molecule has 0 heterocycles. The molecule has 0 saturated carbocycles. The standard InChI is InChI=1S/C11H14ClNO4/c1-15-9-4-7(5-13)3-8(12)11(9)17-6-10(14)16-2/h3-4H,5-6,13H2,1-2H3. The minimum atomic E-state index is -0.494. The van der Waals surface area contributed by atoms with Crippen molar-refractivity contribution in [2.75, 3.05) is 20.8 Å². The van der Waals surface area contributed by atoms with E-state index in [2.05, 4.69) is 4.74 Å². The fourth-order valence-electron chi connectivity index (χ4n) is 1.22. The first-order valence-corrected chi connectivity index (χ1v) is 5.26. The van der Waals surface area contributed by atoms with Gasteiger partial charge in [-0.1, -0.05) is 11.6 Å². The molecule has 2 N–H and O–H groups in total. The van der Waals surface area contributed by atoms with Crippen LogP contribution in [-0.2, 0) is 16.1 Å². The number of rotatable bonds is 5. The molecule has 1 rings (SSSR count). The number of ether oxygens (including phenoxy) is 3. The molecular weight excluding hydrogens is 246 g/mol. The summed E-state index contributed by atoms with van der Waals surface area (Å²) in [7, 11) is 2.76. The molecule has 0 aliphatic carbocycles. The van der Waals surface area contributed by atoms with Gasteiger partial charge in [-0.2, -0.15) is 0 Å². The molecule has 0 spiro atoms. The van der Waals surface area contributed by atoms with Crippen LogP contribution in [0.1, 0.15) is 5.56 Å². The summed E-state index contributed by atoms with van der Waals surface area (Å²) in [4.78, 5) is 11.0. The lowest BCUT2D eigenvalue weighted by atomic mass is 10.2. The predicted molar refractivity (Wildman–Crippen MR) is 63.4 cm³/mol. The van der Waals surface area contributed by atoms with E-state index in [9.17, 15) is 4.79 Å². The number of methoxy groups -OCH3 is 2. The van der Waals surface area contributed by atoms with Crippen molar-refractivity contribution in [3.05, 3.63) is 22.7 Å². The van der Waals surface area contributed by atoms with Gasteiger partial charge in [-0.15, -0.1) is 0 Å². The highest BCUT2D eigenvalue weighted by atomic mass is 35.5. The molecule has 1 aromatic rings. The quantitative estimate of drug-likeness (QED) is 0.809. The molecule has 5 nitrogen and oxygen atoms in total. The Morgan fingerprint density at radius 1 is 1.41 bits per heavy atom. The maximum Gasteiger partial charge on any atom is 0.343 e. The van der Waals surface area contributed by atoms with Gasteiger partial charge in [0.15, 0.2) is 18.1 Å². The van der Waals surface area contributed by atoms with Crippen LogP contribution in [0.15, 0.2) is 12.1 Å². The van der Waals surface area contributed by atoms with Gasteiger partial charge in [-0.05, 0) is 17.7 Å². The third-order valence-electron chi connectivity index (χ3n) is 2.09. The van der Waals surface area contributed by atoms with Crippen molar-refractivity contribution < 1.29 is 19.0 Å². The number of carbonyl (C=O) groups is 1. The molecule has 0 atom stereocenters. The Kier molecular flexibility index (Phi) is 5.06. The molecule has 0 aliphatic heterocycles. The van der Waals surface area contributed by atoms with E-state index in [0.29, 0.717) is 23.1 Å². The number of hydrogen-bond donors (Lipinski definition) is 1. The fourth-order valence-corrected chi connectivity index (χ4v) is 1.51. The maximum absolute atomic E-state index is 11.0. The minimum absolute atomic E-state index is 0.228. The van der Waals surface area contributed by atoms with Crippen LogP contribution in [0.25, 0.3) is 0 Å². The molecule has 0 saturated heterocycles. The van der Waals surface area contributed by atoms with Crippen molar-refractivity contribution in [3.63, 3.8) is 0 Å². The zero-order chi connectivity index (χ0) is 12.8. The van der Waals surface area contributed by atoms with Gasteiger partial charge >= 0.3 is 5.97 Å². The molecule has 0 fully saturated rings. The second-order valence-corrected chi connectivity index (χ2v) is 3.59. The van der Waals surface area contributed by atoms with Crippen LogP contribution in [0, 0.1) is 0 Å². The van der Waals surface area contributed by atoms with Crippen molar-refractivity contribution in [3.8, 4) is 11.5 Å². The van der Waals surface area contributed by atoms with Crippen molar-refractivity contribution in [2.45, 2.75) is 6.54 Å². The Balaban J connectivity index is 2.93. The molecule has 94 valence electrons. The zero-order valence-corrected chi connectivity index (χ0v) is 10.4. The van der Waals surface area contributed by atoms with Crippen LogP contribution >= 0.6 is 11.6 Å². The smallest absolute Gasteiger partial charge is 0.343 e. The van der Waals surface area contributed by atoms with Crippen molar-refractivity contribution in [1.29, 1.82) is 0 Å². The van der Waals surface area contributed by atoms with Gasteiger partial charge in [0.05, 0.1) is 19.2 Å². The van der Waals surface area contributed by atoms with E-state index >= 15 is 0 Å². The topological polar surface area (TPSA) is 70.8 Å². The summed E-state index contributed by atoms with van der Waals surface area (Å²) in [6, 6.07) is 3.37. The summed E-state index contributed by atoms with van der Waals surface area (Å²) in [5.74, 6) is 0.240. The highest BCUT2D eigenvalue weighted by molar-refractivity contribution is 6.32. The SMILES string of the molecule is COC(=O)COc1c(Cl)cc(CN)cc1OC. The molecular formula is C11H14ClNO4. The van der Waals surface area contributed by atoms with E-state index in [-0.39, 0.29) is 6.61 Å². The minimum Gasteiger partial charge on any atom is -0.493 e. The lowest BCUT2D eigenvalue weighted by molar-refractivity contribution is -0.142. The Hall–Kier alpha value is -1.46. The predicted octanol–water partition coefficient (Wildman–Crippen LogP) is 1.36. The highest BCUT2D eigenvalue weighted by Gasteiger charge is 2.13. The average molecular weight is 260 g/mol. The van der Waals surface area contributed by atoms with E-state index in [1.54, 1.807) is 12.1 Å². The van der Waals surface area contributed by atoms with Gasteiger partial charge in [-0.25, -0.2) is 4.79 Å². The third kappa shape index (κ3) is 3.51. The molecule has 6 heteroatoms. The summed E-state index contributed by atoms with van der Waals surface area (Å²) < 4.78 is 14.8. The second kappa shape index (κ2) is 6.32. The Morgan fingerprint density at radius 3 is 2.65 bits per heavy atom. The Morgan fingerprint density at radius 2 is 2.12 bits per heavy atom.